The van der Waals surface area contributed by atoms with E-state index in [0.29, 0.717) is 24.3 Å². The lowest BCUT2D eigenvalue weighted by Crippen LogP contribution is -2.42. The predicted molar refractivity (Wildman–Crippen MR) is 101 cm³/mol. The number of benzene rings is 1. The van der Waals surface area contributed by atoms with Gasteiger partial charge in [0, 0.05) is 42.8 Å². The Kier molecular flexibility index (Phi) is 5.09. The van der Waals surface area contributed by atoms with Crippen molar-refractivity contribution in [1.29, 1.82) is 5.26 Å². The second-order valence-electron chi connectivity index (χ2n) is 7.42. The molecule has 1 unspecified atom stereocenters. The van der Waals surface area contributed by atoms with E-state index in [1.165, 1.54) is 11.0 Å². The normalized spacial score (nSPS) is 25.2. The molecule has 0 aliphatic carbocycles. The van der Waals surface area contributed by atoms with E-state index >= 15 is 0 Å². The molecule has 146 valence electrons. The van der Waals surface area contributed by atoms with Crippen LogP contribution in [0.3, 0.4) is 0 Å². The van der Waals surface area contributed by atoms with Gasteiger partial charge in [-0.1, -0.05) is 6.07 Å². The summed E-state index contributed by atoms with van der Waals surface area (Å²) in [5, 5.41) is 13.2. The van der Waals surface area contributed by atoms with Crippen molar-refractivity contribution < 1.29 is 13.6 Å². The Hall–Kier alpha value is -2.79. The molecule has 6 nitrogen and oxygen atoms in total. The highest BCUT2D eigenvalue weighted by Gasteiger charge is 2.36. The fourth-order valence-corrected chi connectivity index (χ4v) is 4.03. The molecule has 0 bridgehead atoms. The second-order valence-corrected chi connectivity index (χ2v) is 7.42. The van der Waals surface area contributed by atoms with Crippen LogP contribution in [0.15, 0.2) is 30.5 Å². The van der Waals surface area contributed by atoms with E-state index in [2.05, 4.69) is 10.3 Å². The number of nitrogens with zero attached hydrogens (tertiary/aromatic N) is 4. The molecule has 2 aromatic rings. The highest BCUT2D eigenvalue weighted by Crippen LogP contribution is 2.24. The van der Waals surface area contributed by atoms with Gasteiger partial charge in [-0.05, 0) is 24.6 Å². The molecule has 1 aromatic carbocycles. The van der Waals surface area contributed by atoms with Gasteiger partial charge in [-0.15, -0.1) is 0 Å². The first-order chi connectivity index (χ1) is 13.5. The van der Waals surface area contributed by atoms with Crippen molar-refractivity contribution in [3.63, 3.8) is 0 Å². The maximum atomic E-state index is 14.2. The third kappa shape index (κ3) is 3.76. The number of nitriles is 1. The minimum Gasteiger partial charge on any atom is -0.381 e. The molecule has 2 aliphatic rings. The number of pyridine rings is 1. The number of fused-ring (bicyclic) bond motifs is 1. The number of aromatic nitrogens is 1. The average Bonchev–Trinajstić information content (AvgIpc) is 3.27. The standard InChI is InChI=1S/C20H21F2N5O/c21-14-7-17(9-23)27(10-14)19(28)12-26-5-3-15(11-26)25-16-6-13-2-1-4-24-20(13)18(22)8-16/h1-2,4,6,8,14-15,17,25H,3,5,7,10-12H2/t14-,15+,17?/m0/s1. The van der Waals surface area contributed by atoms with Crippen LogP contribution >= 0.6 is 0 Å². The lowest BCUT2D eigenvalue weighted by atomic mass is 10.1. The van der Waals surface area contributed by atoms with E-state index < -0.39 is 12.2 Å². The van der Waals surface area contributed by atoms with E-state index in [1.54, 1.807) is 12.3 Å². The second kappa shape index (κ2) is 7.68. The van der Waals surface area contributed by atoms with E-state index in [9.17, 15) is 13.6 Å². The highest BCUT2D eigenvalue weighted by molar-refractivity contribution is 5.83. The molecule has 3 heterocycles. The van der Waals surface area contributed by atoms with Gasteiger partial charge < -0.3 is 10.2 Å². The Balaban J connectivity index is 1.36. The van der Waals surface area contributed by atoms with E-state index in [-0.39, 0.29) is 37.3 Å². The molecule has 4 rings (SSSR count). The predicted octanol–water partition coefficient (Wildman–Crippen LogP) is 2.32. The van der Waals surface area contributed by atoms with Gasteiger partial charge in [0.05, 0.1) is 19.2 Å². The van der Waals surface area contributed by atoms with Gasteiger partial charge in [-0.25, -0.2) is 8.78 Å². The molecule has 3 atom stereocenters. The molecule has 2 saturated heterocycles. The van der Waals surface area contributed by atoms with Crippen LogP contribution in [0.1, 0.15) is 12.8 Å². The van der Waals surface area contributed by atoms with Crippen molar-refractivity contribution in [2.24, 2.45) is 0 Å². The number of hydrogen-bond acceptors (Lipinski definition) is 5. The average molecular weight is 385 g/mol. The number of rotatable bonds is 4. The van der Waals surface area contributed by atoms with Gasteiger partial charge in [0.1, 0.15) is 17.7 Å². The highest BCUT2D eigenvalue weighted by atomic mass is 19.1. The van der Waals surface area contributed by atoms with Crippen LogP contribution in [0, 0.1) is 17.1 Å². The van der Waals surface area contributed by atoms with E-state index in [1.807, 2.05) is 23.1 Å². The molecule has 0 spiro atoms. The largest absolute Gasteiger partial charge is 0.381 e. The zero-order valence-corrected chi connectivity index (χ0v) is 15.3. The summed E-state index contributed by atoms with van der Waals surface area (Å²) in [6, 6.07) is 8.30. The van der Waals surface area contributed by atoms with Gasteiger partial charge in [0.25, 0.3) is 0 Å². The Morgan fingerprint density at radius 3 is 3.07 bits per heavy atom. The first kappa shape index (κ1) is 18.6. The summed E-state index contributed by atoms with van der Waals surface area (Å²) in [7, 11) is 0. The maximum absolute atomic E-state index is 14.2. The number of carbonyl (C=O) groups excluding carboxylic acids is 1. The summed E-state index contributed by atoms with van der Waals surface area (Å²) in [5.41, 5.74) is 1.02. The van der Waals surface area contributed by atoms with Crippen LogP contribution in [0.25, 0.3) is 10.9 Å². The lowest BCUT2D eigenvalue weighted by Gasteiger charge is -2.23. The molecule has 2 aliphatic heterocycles. The molecule has 0 saturated carbocycles. The number of amides is 1. The molecule has 28 heavy (non-hydrogen) atoms. The van der Waals surface area contributed by atoms with Crippen molar-refractivity contribution in [2.45, 2.75) is 31.1 Å². The van der Waals surface area contributed by atoms with Crippen LogP contribution in [-0.2, 0) is 4.79 Å². The van der Waals surface area contributed by atoms with Crippen LogP contribution in [-0.4, -0.2) is 65.1 Å². The number of nitrogens with one attached hydrogen (secondary N) is 1. The van der Waals surface area contributed by atoms with Gasteiger partial charge in [-0.2, -0.15) is 5.26 Å². The van der Waals surface area contributed by atoms with Crippen molar-refractivity contribution in [1.82, 2.24) is 14.8 Å². The number of carbonyl (C=O) groups is 1. The molecule has 1 N–H and O–H groups in total. The summed E-state index contributed by atoms with van der Waals surface area (Å²) in [6.07, 6.45) is 1.34. The molecular weight excluding hydrogens is 364 g/mol. The molecule has 0 radical (unpaired) electrons. The minimum atomic E-state index is -1.13. The summed E-state index contributed by atoms with van der Waals surface area (Å²) in [5.74, 6) is -0.585. The van der Waals surface area contributed by atoms with Gasteiger partial charge in [-0.3, -0.25) is 14.7 Å². The van der Waals surface area contributed by atoms with Crippen molar-refractivity contribution >= 4 is 22.5 Å². The van der Waals surface area contributed by atoms with Gasteiger partial charge in [0.15, 0.2) is 5.82 Å². The zero-order valence-electron chi connectivity index (χ0n) is 15.3. The molecule has 2 fully saturated rings. The molecule has 8 heteroatoms. The summed E-state index contributed by atoms with van der Waals surface area (Å²) in [6.45, 7) is 1.50. The Morgan fingerprint density at radius 2 is 2.25 bits per heavy atom. The maximum Gasteiger partial charge on any atom is 0.237 e. The quantitative estimate of drug-likeness (QED) is 0.875. The third-order valence-corrected chi connectivity index (χ3v) is 5.38. The molecular formula is C20H21F2N5O. The van der Waals surface area contributed by atoms with Gasteiger partial charge in [0.2, 0.25) is 5.91 Å². The Bertz CT molecular complexity index is 930. The minimum absolute atomic E-state index is 0.00300. The fraction of sp³-hybridized carbons (Fsp3) is 0.450. The number of hydrogen-bond donors (Lipinski definition) is 1. The monoisotopic (exact) mass is 385 g/mol. The van der Waals surface area contributed by atoms with Crippen molar-refractivity contribution in [3.8, 4) is 6.07 Å². The van der Waals surface area contributed by atoms with Crippen LogP contribution in [0.2, 0.25) is 0 Å². The molecule has 1 amide bonds. The third-order valence-electron chi connectivity index (χ3n) is 5.38. The zero-order chi connectivity index (χ0) is 19.7. The Morgan fingerprint density at radius 1 is 1.39 bits per heavy atom. The van der Waals surface area contributed by atoms with Crippen molar-refractivity contribution in [2.75, 3.05) is 31.5 Å². The topological polar surface area (TPSA) is 72.3 Å². The number of anilines is 1. The number of alkyl halides is 1. The smallest absolute Gasteiger partial charge is 0.237 e. The first-order valence-corrected chi connectivity index (χ1v) is 9.40. The van der Waals surface area contributed by atoms with E-state index in [0.717, 1.165) is 11.8 Å². The number of halogens is 2. The Labute approximate surface area is 161 Å². The fourth-order valence-electron chi connectivity index (χ4n) is 4.03. The number of likely N-dealkylation sites (tertiary alicyclic amines) is 2. The first-order valence-electron chi connectivity index (χ1n) is 9.40. The molecule has 1 aromatic heterocycles. The van der Waals surface area contributed by atoms with Gasteiger partial charge >= 0.3 is 0 Å². The van der Waals surface area contributed by atoms with Crippen LogP contribution in [0.5, 0.6) is 0 Å². The summed E-state index contributed by atoms with van der Waals surface area (Å²) in [4.78, 5) is 19.8. The SMILES string of the molecule is N#CC1C[C@H](F)CN1C(=O)CN1CC[C@@H](Nc2cc(F)c3ncccc3c2)C1. The summed E-state index contributed by atoms with van der Waals surface area (Å²) < 4.78 is 27.8. The van der Waals surface area contributed by atoms with Crippen LogP contribution < -0.4 is 5.32 Å². The van der Waals surface area contributed by atoms with Crippen LogP contribution in [0.4, 0.5) is 14.5 Å². The lowest BCUT2D eigenvalue weighted by molar-refractivity contribution is -0.132. The van der Waals surface area contributed by atoms with E-state index in [4.69, 9.17) is 5.26 Å². The summed E-state index contributed by atoms with van der Waals surface area (Å²) >= 11 is 0. The van der Waals surface area contributed by atoms with Crippen molar-refractivity contribution in [3.05, 3.63) is 36.3 Å².